The van der Waals surface area contributed by atoms with Crippen LogP contribution in [0.15, 0.2) is 54.6 Å². The lowest BCUT2D eigenvalue weighted by atomic mass is 10.1. The lowest BCUT2D eigenvalue weighted by molar-refractivity contribution is -0.137. The van der Waals surface area contributed by atoms with Crippen molar-refractivity contribution < 1.29 is 32.3 Å². The van der Waals surface area contributed by atoms with Gasteiger partial charge in [0.15, 0.2) is 0 Å². The predicted molar refractivity (Wildman–Crippen MR) is 90.5 cm³/mol. The van der Waals surface area contributed by atoms with Crippen LogP contribution in [0.5, 0.6) is 5.75 Å². The topological polar surface area (TPSA) is 70.0 Å². The van der Waals surface area contributed by atoms with Crippen molar-refractivity contribution in [2.75, 3.05) is 13.1 Å². The van der Waals surface area contributed by atoms with E-state index in [9.17, 15) is 27.5 Å². The fourth-order valence-corrected chi connectivity index (χ4v) is 3.11. The summed E-state index contributed by atoms with van der Waals surface area (Å²) >= 11 is 0. The van der Waals surface area contributed by atoms with Gasteiger partial charge < -0.3 is 14.5 Å². The molecule has 9 heteroatoms. The first kappa shape index (κ1) is 20.5. The molecule has 26 heavy (non-hydrogen) atoms. The number of likely N-dealkylation sites (N-methyl/N-ethyl adjacent to an activating group) is 1. The molecule has 2 rings (SSSR count). The Morgan fingerprint density at radius 1 is 1.08 bits per heavy atom. The van der Waals surface area contributed by atoms with Crippen LogP contribution in [0.25, 0.3) is 0 Å². The van der Waals surface area contributed by atoms with E-state index in [4.69, 9.17) is 4.74 Å². The van der Waals surface area contributed by atoms with Gasteiger partial charge in [-0.15, -0.1) is 0 Å². The Balaban J connectivity index is 2.26. The summed E-state index contributed by atoms with van der Waals surface area (Å²) in [6.45, 7) is 1.56. The molecule has 5 nitrogen and oxygen atoms in total. The van der Waals surface area contributed by atoms with Crippen molar-refractivity contribution in [1.29, 1.82) is 0 Å². The molecule has 0 spiro atoms. The Morgan fingerprint density at radius 2 is 1.65 bits per heavy atom. The highest BCUT2D eigenvalue weighted by molar-refractivity contribution is 7.49. The molecule has 0 aliphatic heterocycles. The van der Waals surface area contributed by atoms with E-state index in [0.717, 1.165) is 16.8 Å². The summed E-state index contributed by atoms with van der Waals surface area (Å²) in [5, 5.41) is 0. The minimum absolute atomic E-state index is 0.0873. The van der Waals surface area contributed by atoms with Crippen molar-refractivity contribution in [2.24, 2.45) is 0 Å². The predicted octanol–water partition coefficient (Wildman–Crippen LogP) is 4.24. The van der Waals surface area contributed by atoms with Crippen molar-refractivity contribution >= 4 is 7.75 Å². The van der Waals surface area contributed by atoms with Gasteiger partial charge in [-0.25, -0.2) is 9.24 Å². The molecule has 2 aromatic carbocycles. The number of nitrogens with zero attached hydrogens (tertiary/aromatic N) is 1. The highest BCUT2D eigenvalue weighted by Crippen LogP contribution is 2.41. The van der Waals surface area contributed by atoms with E-state index in [1.54, 1.807) is 37.3 Å². The van der Waals surface area contributed by atoms with E-state index in [0.29, 0.717) is 5.56 Å². The van der Waals surface area contributed by atoms with Crippen molar-refractivity contribution in [3.8, 4) is 5.75 Å². The Labute approximate surface area is 149 Å². The average molecular weight is 389 g/mol. The third kappa shape index (κ3) is 5.57. The average Bonchev–Trinajstić information content (AvgIpc) is 2.58. The smallest absolute Gasteiger partial charge is 0.416 e. The van der Waals surface area contributed by atoms with Gasteiger partial charge in [0.1, 0.15) is 11.9 Å². The second-order valence-electron chi connectivity index (χ2n) is 5.56. The standard InChI is InChI=1S/C17H19F3NO4P/c1-2-21(26(22,23)24)12-16(13-6-4-3-5-7-13)25-15-10-8-14(9-11-15)17(18,19)20/h3-11,16H,2,12H2,1H3,(H2,22,23,24). The lowest BCUT2D eigenvalue weighted by Gasteiger charge is -2.27. The summed E-state index contributed by atoms with van der Waals surface area (Å²) in [5.74, 6) is 0.175. The fourth-order valence-electron chi connectivity index (χ4n) is 2.38. The van der Waals surface area contributed by atoms with Crippen LogP contribution in [-0.2, 0) is 10.7 Å². The molecule has 1 unspecified atom stereocenters. The van der Waals surface area contributed by atoms with Gasteiger partial charge >= 0.3 is 13.9 Å². The van der Waals surface area contributed by atoms with Crippen LogP contribution >= 0.6 is 7.75 Å². The van der Waals surface area contributed by atoms with Gasteiger partial charge in [-0.3, -0.25) is 0 Å². The number of halogens is 3. The zero-order valence-electron chi connectivity index (χ0n) is 13.9. The zero-order chi connectivity index (χ0) is 19.4. The normalized spacial score (nSPS) is 13.7. The maximum absolute atomic E-state index is 12.7. The fraction of sp³-hybridized carbons (Fsp3) is 0.294. The lowest BCUT2D eigenvalue weighted by Crippen LogP contribution is -2.28. The molecule has 142 valence electrons. The molecule has 0 saturated carbocycles. The first-order valence-corrected chi connectivity index (χ1v) is 9.37. The molecule has 0 heterocycles. The van der Waals surface area contributed by atoms with Gasteiger partial charge in [0.05, 0.1) is 12.1 Å². The van der Waals surface area contributed by atoms with Gasteiger partial charge in [0, 0.05) is 6.54 Å². The number of alkyl halides is 3. The molecule has 1 atom stereocenters. The molecule has 0 amide bonds. The van der Waals surface area contributed by atoms with Crippen LogP contribution in [0.4, 0.5) is 13.2 Å². The van der Waals surface area contributed by atoms with Crippen LogP contribution in [-0.4, -0.2) is 27.5 Å². The quantitative estimate of drug-likeness (QED) is 0.694. The largest absolute Gasteiger partial charge is 0.484 e. The van der Waals surface area contributed by atoms with Crippen molar-refractivity contribution in [2.45, 2.75) is 19.2 Å². The molecular weight excluding hydrogens is 370 g/mol. The van der Waals surface area contributed by atoms with Crippen molar-refractivity contribution in [3.05, 3.63) is 65.7 Å². The Morgan fingerprint density at radius 3 is 2.12 bits per heavy atom. The third-order valence-electron chi connectivity index (χ3n) is 3.74. The van der Waals surface area contributed by atoms with E-state index in [-0.39, 0.29) is 18.8 Å². The monoisotopic (exact) mass is 389 g/mol. The van der Waals surface area contributed by atoms with E-state index in [1.807, 2.05) is 0 Å². The SMILES string of the molecule is CCN(CC(Oc1ccc(C(F)(F)F)cc1)c1ccccc1)P(=O)(O)O. The van der Waals surface area contributed by atoms with Gasteiger partial charge in [0.25, 0.3) is 0 Å². The highest BCUT2D eigenvalue weighted by Gasteiger charge is 2.31. The number of hydrogen-bond acceptors (Lipinski definition) is 2. The minimum Gasteiger partial charge on any atom is -0.484 e. The first-order chi connectivity index (χ1) is 12.1. The Hall–Kier alpha value is -1.86. The second kappa shape index (κ2) is 8.22. The summed E-state index contributed by atoms with van der Waals surface area (Å²) < 4.78 is 56.3. The van der Waals surface area contributed by atoms with Crippen LogP contribution in [0.2, 0.25) is 0 Å². The van der Waals surface area contributed by atoms with E-state index < -0.39 is 25.6 Å². The van der Waals surface area contributed by atoms with Gasteiger partial charge in [-0.05, 0) is 29.8 Å². The van der Waals surface area contributed by atoms with Crippen molar-refractivity contribution in [3.63, 3.8) is 0 Å². The summed E-state index contributed by atoms with van der Waals surface area (Å²) in [7, 11) is -4.48. The molecule has 0 aliphatic rings. The minimum atomic E-state index is -4.48. The van der Waals surface area contributed by atoms with Gasteiger partial charge in [-0.2, -0.15) is 13.2 Å². The molecule has 0 saturated heterocycles. The molecule has 0 fully saturated rings. The van der Waals surface area contributed by atoms with Crippen molar-refractivity contribution in [1.82, 2.24) is 4.67 Å². The molecule has 2 N–H and O–H groups in total. The van der Waals surface area contributed by atoms with Gasteiger partial charge in [-0.1, -0.05) is 37.3 Å². The van der Waals surface area contributed by atoms with Crippen LogP contribution in [0.1, 0.15) is 24.2 Å². The number of rotatable bonds is 7. The molecule has 0 radical (unpaired) electrons. The Bertz CT molecular complexity index is 747. The first-order valence-electron chi connectivity index (χ1n) is 7.81. The molecular formula is C17H19F3NO4P. The van der Waals surface area contributed by atoms with E-state index in [2.05, 4.69) is 0 Å². The van der Waals surface area contributed by atoms with Crippen LogP contribution in [0, 0.1) is 0 Å². The molecule has 2 aromatic rings. The maximum atomic E-state index is 12.7. The highest BCUT2D eigenvalue weighted by atomic mass is 31.2. The van der Waals surface area contributed by atoms with E-state index in [1.165, 1.54) is 12.1 Å². The number of benzene rings is 2. The summed E-state index contributed by atoms with van der Waals surface area (Å²) in [4.78, 5) is 18.8. The summed E-state index contributed by atoms with van der Waals surface area (Å²) in [6, 6.07) is 12.9. The number of hydrogen-bond donors (Lipinski definition) is 2. The molecule has 0 aromatic heterocycles. The molecule has 0 aliphatic carbocycles. The Kier molecular flexibility index (Phi) is 6.47. The summed E-state index contributed by atoms with van der Waals surface area (Å²) in [6.07, 6.45) is -5.21. The van der Waals surface area contributed by atoms with E-state index >= 15 is 0 Å². The van der Waals surface area contributed by atoms with Crippen LogP contribution < -0.4 is 4.74 Å². The molecule has 0 bridgehead atoms. The number of ether oxygens (including phenoxy) is 1. The zero-order valence-corrected chi connectivity index (χ0v) is 14.8. The summed E-state index contributed by atoms with van der Waals surface area (Å²) in [5.41, 5.74) is -0.147. The van der Waals surface area contributed by atoms with Gasteiger partial charge in [0.2, 0.25) is 0 Å². The maximum Gasteiger partial charge on any atom is 0.416 e. The second-order valence-corrected chi connectivity index (χ2v) is 7.15. The van der Waals surface area contributed by atoms with Crippen LogP contribution in [0.3, 0.4) is 0 Å². The third-order valence-corrected chi connectivity index (χ3v) is 4.92.